The topological polar surface area (TPSA) is 136 Å². The first-order chi connectivity index (χ1) is 16.2. The summed E-state index contributed by atoms with van der Waals surface area (Å²) in [4.78, 5) is 68.4. The zero-order valence-corrected chi connectivity index (χ0v) is 18.6. The molecule has 1 aliphatic heterocycles. The van der Waals surface area contributed by atoms with Crippen molar-refractivity contribution in [3.05, 3.63) is 70.3 Å². The van der Waals surface area contributed by atoms with E-state index in [2.05, 4.69) is 15.6 Å². The van der Waals surface area contributed by atoms with Crippen LogP contribution in [-0.2, 0) is 36.1 Å². The van der Waals surface area contributed by atoms with E-state index in [0.29, 0.717) is 5.56 Å². The van der Waals surface area contributed by atoms with E-state index in [1.165, 1.54) is 19.9 Å². The number of ether oxygens (including phenoxy) is 1. The Morgan fingerprint density at radius 2 is 1.85 bits per heavy atom. The van der Waals surface area contributed by atoms with Crippen molar-refractivity contribution in [2.75, 3.05) is 5.32 Å². The van der Waals surface area contributed by atoms with Crippen molar-refractivity contribution in [1.29, 1.82) is 0 Å². The summed E-state index contributed by atoms with van der Waals surface area (Å²) in [6.07, 6.45) is -0.453. The molecule has 0 aliphatic carbocycles. The maximum absolute atomic E-state index is 13.8. The maximum atomic E-state index is 13.8. The second-order valence-corrected chi connectivity index (χ2v) is 7.98. The number of aryl methyl sites for hydroxylation is 1. The molecule has 2 N–H and O–H groups in total. The number of aromatic nitrogens is 2. The van der Waals surface area contributed by atoms with E-state index in [0.717, 1.165) is 4.57 Å². The number of hydrogen-bond acceptors (Lipinski definition) is 7. The number of carbonyl (C=O) groups is 4. The van der Waals surface area contributed by atoms with Crippen LogP contribution in [0.3, 0.4) is 0 Å². The zero-order valence-electron chi connectivity index (χ0n) is 18.6. The second-order valence-electron chi connectivity index (χ2n) is 7.98. The normalized spacial score (nSPS) is 17.8. The molecule has 0 saturated carbocycles. The van der Waals surface area contributed by atoms with Gasteiger partial charge in [0.2, 0.25) is 17.4 Å². The van der Waals surface area contributed by atoms with Crippen molar-refractivity contribution in [3.63, 3.8) is 0 Å². The lowest BCUT2D eigenvalue weighted by molar-refractivity contribution is -0.164. The summed E-state index contributed by atoms with van der Waals surface area (Å²) in [5, 5.41) is 4.77. The van der Waals surface area contributed by atoms with Gasteiger partial charge >= 0.3 is 5.97 Å². The van der Waals surface area contributed by atoms with Crippen molar-refractivity contribution in [2.45, 2.75) is 38.8 Å². The van der Waals surface area contributed by atoms with Crippen LogP contribution in [0.5, 0.6) is 0 Å². The Hall–Kier alpha value is -4.34. The SMILES string of the molecule is CC(=O)Nc1cccc2nc(C)n([C@@]3(C(=O)OCc4ccccc4)CCC(=O)NC3=O)c(=O)c12. The lowest BCUT2D eigenvalue weighted by Gasteiger charge is -2.35. The molecular weight excluding hydrogens is 440 g/mol. The second kappa shape index (κ2) is 8.89. The Balaban J connectivity index is 1.90. The number of piperidine rings is 1. The van der Waals surface area contributed by atoms with E-state index in [4.69, 9.17) is 4.74 Å². The fourth-order valence-corrected chi connectivity index (χ4v) is 4.13. The van der Waals surface area contributed by atoms with Gasteiger partial charge in [-0.15, -0.1) is 0 Å². The van der Waals surface area contributed by atoms with E-state index in [1.54, 1.807) is 36.4 Å². The molecule has 1 saturated heterocycles. The molecule has 0 unspecified atom stereocenters. The third-order valence-electron chi connectivity index (χ3n) is 5.65. The summed E-state index contributed by atoms with van der Waals surface area (Å²) in [6.45, 7) is 2.65. The standard InChI is InChI=1S/C24H22N4O6/c1-14-25-17-9-6-10-18(26-15(2)29)20(17)21(31)28(14)24(12-11-19(30)27-22(24)32)23(33)34-13-16-7-4-3-5-8-16/h3-10H,11-13H2,1-2H3,(H,26,29)(H,27,30,32)/t24-/m0/s1. The lowest BCUT2D eigenvalue weighted by Crippen LogP contribution is -2.62. The largest absolute Gasteiger partial charge is 0.459 e. The number of amides is 3. The van der Waals surface area contributed by atoms with Crippen molar-refractivity contribution < 1.29 is 23.9 Å². The Kier molecular flexibility index (Phi) is 5.97. The number of hydrogen-bond donors (Lipinski definition) is 2. The average molecular weight is 462 g/mol. The van der Waals surface area contributed by atoms with Gasteiger partial charge in [-0.3, -0.25) is 29.1 Å². The Bertz CT molecular complexity index is 1380. The molecular formula is C24H22N4O6. The maximum Gasteiger partial charge on any atom is 0.342 e. The lowest BCUT2D eigenvalue weighted by atomic mass is 9.87. The molecule has 1 aromatic heterocycles. The van der Waals surface area contributed by atoms with Crippen molar-refractivity contribution in [2.24, 2.45) is 0 Å². The van der Waals surface area contributed by atoms with Gasteiger partial charge in [0, 0.05) is 13.3 Å². The van der Waals surface area contributed by atoms with Gasteiger partial charge in [0.05, 0.1) is 16.6 Å². The van der Waals surface area contributed by atoms with Crippen LogP contribution in [0.1, 0.15) is 31.2 Å². The van der Waals surface area contributed by atoms with Crippen LogP contribution in [-0.4, -0.2) is 33.2 Å². The zero-order chi connectivity index (χ0) is 24.5. The van der Waals surface area contributed by atoms with E-state index in [9.17, 15) is 24.0 Å². The van der Waals surface area contributed by atoms with Gasteiger partial charge < -0.3 is 10.1 Å². The molecule has 4 rings (SSSR count). The number of anilines is 1. The third kappa shape index (κ3) is 3.94. The Morgan fingerprint density at radius 1 is 1.12 bits per heavy atom. The molecule has 0 radical (unpaired) electrons. The fraction of sp³-hybridized carbons (Fsp3) is 0.250. The van der Waals surface area contributed by atoms with Crippen molar-refractivity contribution in [3.8, 4) is 0 Å². The summed E-state index contributed by atoms with van der Waals surface area (Å²) in [5.74, 6) is -2.83. The van der Waals surface area contributed by atoms with Crippen LogP contribution in [0.2, 0.25) is 0 Å². The average Bonchev–Trinajstić information content (AvgIpc) is 2.79. The first kappa shape index (κ1) is 22.8. The predicted octanol–water partition coefficient (Wildman–Crippen LogP) is 1.54. The number of fused-ring (bicyclic) bond motifs is 1. The van der Waals surface area contributed by atoms with Gasteiger partial charge in [0.1, 0.15) is 12.4 Å². The molecule has 10 heteroatoms. The summed E-state index contributed by atoms with van der Waals surface area (Å²) in [5.41, 5.74) is -1.70. The molecule has 34 heavy (non-hydrogen) atoms. The van der Waals surface area contributed by atoms with E-state index in [-0.39, 0.29) is 41.9 Å². The number of nitrogens with zero attached hydrogens (tertiary/aromatic N) is 2. The Labute approximate surface area is 193 Å². The summed E-state index contributed by atoms with van der Waals surface area (Å²) in [7, 11) is 0. The van der Waals surface area contributed by atoms with Crippen molar-refractivity contribution >= 4 is 40.3 Å². The van der Waals surface area contributed by atoms with Gasteiger partial charge in [-0.1, -0.05) is 36.4 Å². The van der Waals surface area contributed by atoms with Crippen LogP contribution >= 0.6 is 0 Å². The van der Waals surface area contributed by atoms with Gasteiger partial charge in [-0.2, -0.15) is 0 Å². The quantitative estimate of drug-likeness (QED) is 0.333. The molecule has 0 spiro atoms. The molecule has 3 aromatic rings. The number of rotatable bonds is 5. The van der Waals surface area contributed by atoms with Crippen LogP contribution in [0.25, 0.3) is 10.9 Å². The van der Waals surface area contributed by atoms with E-state index >= 15 is 0 Å². The minimum atomic E-state index is -2.14. The van der Waals surface area contributed by atoms with Gasteiger partial charge in [-0.25, -0.2) is 9.78 Å². The highest BCUT2D eigenvalue weighted by Crippen LogP contribution is 2.30. The minimum Gasteiger partial charge on any atom is -0.459 e. The third-order valence-corrected chi connectivity index (χ3v) is 5.65. The predicted molar refractivity (Wildman–Crippen MR) is 122 cm³/mol. The highest BCUT2D eigenvalue weighted by molar-refractivity contribution is 6.13. The molecule has 1 aliphatic rings. The van der Waals surface area contributed by atoms with Crippen LogP contribution in [0, 0.1) is 6.92 Å². The summed E-state index contributed by atoms with van der Waals surface area (Å²) < 4.78 is 6.45. The summed E-state index contributed by atoms with van der Waals surface area (Å²) >= 11 is 0. The number of esters is 1. The molecule has 2 aromatic carbocycles. The summed E-state index contributed by atoms with van der Waals surface area (Å²) in [6, 6.07) is 13.6. The smallest absolute Gasteiger partial charge is 0.342 e. The molecule has 2 heterocycles. The molecule has 0 bridgehead atoms. The van der Waals surface area contributed by atoms with Gasteiger partial charge in [0.15, 0.2) is 0 Å². The number of benzene rings is 2. The first-order valence-electron chi connectivity index (χ1n) is 10.6. The molecule has 1 atom stereocenters. The number of nitrogens with one attached hydrogen (secondary N) is 2. The molecule has 3 amide bonds. The van der Waals surface area contributed by atoms with Crippen molar-refractivity contribution in [1.82, 2.24) is 14.9 Å². The first-order valence-corrected chi connectivity index (χ1v) is 10.6. The van der Waals surface area contributed by atoms with E-state index < -0.39 is 34.8 Å². The van der Waals surface area contributed by atoms with Crippen LogP contribution in [0.15, 0.2) is 53.3 Å². The van der Waals surface area contributed by atoms with Crippen LogP contribution < -0.4 is 16.2 Å². The highest BCUT2D eigenvalue weighted by atomic mass is 16.5. The molecule has 174 valence electrons. The molecule has 10 nitrogen and oxygen atoms in total. The minimum absolute atomic E-state index is 0.0308. The Morgan fingerprint density at radius 3 is 2.53 bits per heavy atom. The highest BCUT2D eigenvalue weighted by Gasteiger charge is 2.54. The van der Waals surface area contributed by atoms with Gasteiger partial charge in [-0.05, 0) is 31.0 Å². The van der Waals surface area contributed by atoms with E-state index in [1.807, 2.05) is 6.07 Å². The number of imide groups is 1. The monoisotopic (exact) mass is 462 g/mol. The molecule has 1 fully saturated rings. The number of carbonyl (C=O) groups excluding carboxylic acids is 4. The van der Waals surface area contributed by atoms with Crippen LogP contribution in [0.4, 0.5) is 5.69 Å². The fourth-order valence-electron chi connectivity index (χ4n) is 4.13. The van der Waals surface area contributed by atoms with Gasteiger partial charge in [0.25, 0.3) is 11.5 Å².